The van der Waals surface area contributed by atoms with Gasteiger partial charge in [-0.2, -0.15) is 0 Å². The van der Waals surface area contributed by atoms with Crippen molar-refractivity contribution in [2.24, 2.45) is 12.5 Å². The fourth-order valence-corrected chi connectivity index (χ4v) is 2.67. The van der Waals surface area contributed by atoms with Gasteiger partial charge in [0.25, 0.3) is 0 Å². The topological polar surface area (TPSA) is 26.9 Å². The molecule has 0 bridgehead atoms. The number of halogens is 1. The molecule has 0 aliphatic carbocycles. The van der Waals surface area contributed by atoms with Crippen LogP contribution in [0.3, 0.4) is 0 Å². The Morgan fingerprint density at radius 3 is 2.27 bits per heavy atom. The Kier molecular flexibility index (Phi) is 4.20. The highest BCUT2D eigenvalue weighted by atomic mass is 79.9. The minimum atomic E-state index is 0.0715. The molecule has 0 saturated heterocycles. The van der Waals surface area contributed by atoms with Gasteiger partial charge in [0.2, 0.25) is 0 Å². The van der Waals surface area contributed by atoms with Crippen LogP contribution in [-0.4, -0.2) is 14.5 Å². The van der Waals surface area contributed by atoms with E-state index in [1.807, 2.05) is 12.4 Å². The van der Waals surface area contributed by atoms with Crippen LogP contribution in [-0.2, 0) is 13.6 Å². The van der Waals surface area contributed by atoms with Crippen molar-refractivity contribution in [1.29, 1.82) is 0 Å². The van der Waals surface area contributed by atoms with Crippen molar-refractivity contribution in [3.05, 3.63) is 22.9 Å². The zero-order valence-corrected chi connectivity index (χ0v) is 11.2. The summed E-state index contributed by atoms with van der Waals surface area (Å²) in [6.07, 6.45) is 5.84. The summed E-state index contributed by atoms with van der Waals surface area (Å²) >= 11 is 3.56. The lowest BCUT2D eigenvalue weighted by atomic mass is 9.84. The third-order valence-electron chi connectivity index (χ3n) is 3.31. The van der Waals surface area contributed by atoms with Crippen molar-refractivity contribution in [1.82, 2.24) is 9.13 Å². The van der Waals surface area contributed by atoms with E-state index in [1.54, 1.807) is 16.2 Å². The van der Waals surface area contributed by atoms with Crippen LogP contribution in [0.1, 0.15) is 26.7 Å². The Balaban J connectivity index is 2.93. The largest absolute Gasteiger partial charge is 0.327 e. The molecule has 1 aromatic rings. The highest BCUT2D eigenvalue weighted by Crippen LogP contribution is 2.30. The van der Waals surface area contributed by atoms with Crippen molar-refractivity contribution in [2.45, 2.75) is 33.2 Å². The average molecular weight is 275 g/mol. The molecule has 0 fully saturated rings. The van der Waals surface area contributed by atoms with Crippen LogP contribution >= 0.6 is 15.9 Å². The maximum atomic E-state index is 11.7. The summed E-state index contributed by atoms with van der Waals surface area (Å²) in [5, 5.41) is 0.939. The molecule has 3 nitrogen and oxygen atoms in total. The number of rotatable bonds is 5. The van der Waals surface area contributed by atoms with Crippen LogP contribution in [0, 0.1) is 5.41 Å². The van der Waals surface area contributed by atoms with E-state index < -0.39 is 0 Å². The number of aryl methyl sites for hydroxylation is 1. The van der Waals surface area contributed by atoms with E-state index in [0.717, 1.165) is 24.7 Å². The maximum absolute atomic E-state index is 11.7. The number of nitrogens with zero attached hydrogens (tertiary/aromatic N) is 2. The molecule has 0 radical (unpaired) electrons. The number of alkyl halides is 1. The molecule has 1 rings (SSSR count). The van der Waals surface area contributed by atoms with Gasteiger partial charge in [0, 0.05) is 31.3 Å². The lowest BCUT2D eigenvalue weighted by molar-refractivity contribution is 0.256. The quantitative estimate of drug-likeness (QED) is 0.758. The van der Waals surface area contributed by atoms with Gasteiger partial charge in [0.05, 0.1) is 0 Å². The van der Waals surface area contributed by atoms with E-state index in [4.69, 9.17) is 0 Å². The van der Waals surface area contributed by atoms with E-state index >= 15 is 0 Å². The number of hydrogen-bond acceptors (Lipinski definition) is 1. The first kappa shape index (κ1) is 12.6. The molecule has 0 aliphatic rings. The highest BCUT2D eigenvalue weighted by Gasteiger charge is 2.26. The van der Waals surface area contributed by atoms with Gasteiger partial charge in [-0.1, -0.05) is 29.8 Å². The van der Waals surface area contributed by atoms with Crippen LogP contribution in [0.2, 0.25) is 0 Å². The Morgan fingerprint density at radius 2 is 1.93 bits per heavy atom. The Bertz CT molecular complexity index is 355. The average Bonchev–Trinajstić information content (AvgIpc) is 2.57. The zero-order chi connectivity index (χ0) is 11.5. The van der Waals surface area contributed by atoms with Gasteiger partial charge in [0.15, 0.2) is 0 Å². The lowest BCUT2D eigenvalue weighted by Crippen LogP contribution is -2.33. The molecular weight excluding hydrogens is 256 g/mol. The summed E-state index contributed by atoms with van der Waals surface area (Å²) < 4.78 is 3.42. The van der Waals surface area contributed by atoms with Gasteiger partial charge in [-0.05, 0) is 18.3 Å². The first-order chi connectivity index (χ1) is 7.08. The molecule has 0 spiro atoms. The molecule has 0 aromatic carbocycles. The van der Waals surface area contributed by atoms with Crippen LogP contribution < -0.4 is 5.69 Å². The minimum Gasteiger partial charge on any atom is -0.302 e. The van der Waals surface area contributed by atoms with Crippen molar-refractivity contribution in [2.75, 3.05) is 5.33 Å². The van der Waals surface area contributed by atoms with Crippen molar-refractivity contribution in [3.8, 4) is 0 Å². The second kappa shape index (κ2) is 5.01. The van der Waals surface area contributed by atoms with E-state index in [2.05, 4.69) is 29.8 Å². The zero-order valence-electron chi connectivity index (χ0n) is 9.66. The van der Waals surface area contributed by atoms with E-state index in [1.165, 1.54) is 0 Å². The molecule has 0 unspecified atom stereocenters. The first-order valence-corrected chi connectivity index (χ1v) is 6.48. The van der Waals surface area contributed by atoms with Gasteiger partial charge in [-0.15, -0.1) is 0 Å². The molecule has 0 aliphatic heterocycles. The Hall–Kier alpha value is -0.510. The van der Waals surface area contributed by atoms with Crippen LogP contribution in [0.4, 0.5) is 0 Å². The third kappa shape index (κ3) is 2.54. The molecule has 4 heteroatoms. The fraction of sp³-hybridized carbons (Fsp3) is 0.727. The molecule has 0 atom stereocenters. The lowest BCUT2D eigenvalue weighted by Gasteiger charge is -2.29. The summed E-state index contributed by atoms with van der Waals surface area (Å²) in [6.45, 7) is 5.16. The Labute approximate surface area is 99.2 Å². The maximum Gasteiger partial charge on any atom is 0.327 e. The Morgan fingerprint density at radius 1 is 1.33 bits per heavy atom. The van der Waals surface area contributed by atoms with Gasteiger partial charge in [-0.3, -0.25) is 4.57 Å². The summed E-state index contributed by atoms with van der Waals surface area (Å²) in [7, 11) is 1.78. The molecule has 0 saturated carbocycles. The van der Waals surface area contributed by atoms with E-state index in [0.29, 0.717) is 0 Å². The minimum absolute atomic E-state index is 0.0715. The summed E-state index contributed by atoms with van der Waals surface area (Å²) in [4.78, 5) is 11.7. The molecule has 1 heterocycles. The number of hydrogen-bond donors (Lipinski definition) is 0. The van der Waals surface area contributed by atoms with E-state index in [-0.39, 0.29) is 11.1 Å². The highest BCUT2D eigenvalue weighted by molar-refractivity contribution is 9.09. The fourth-order valence-electron chi connectivity index (χ4n) is 1.70. The second-order valence-electron chi connectivity index (χ2n) is 4.16. The molecule has 0 N–H and O–H groups in total. The van der Waals surface area contributed by atoms with Crippen LogP contribution in [0.5, 0.6) is 0 Å². The van der Waals surface area contributed by atoms with Crippen molar-refractivity contribution >= 4 is 15.9 Å². The molecule has 1 aromatic heterocycles. The van der Waals surface area contributed by atoms with Crippen molar-refractivity contribution in [3.63, 3.8) is 0 Å². The van der Waals surface area contributed by atoms with Crippen LogP contribution in [0.25, 0.3) is 0 Å². The first-order valence-electron chi connectivity index (χ1n) is 5.36. The van der Waals surface area contributed by atoms with Crippen molar-refractivity contribution < 1.29 is 0 Å². The molecule has 15 heavy (non-hydrogen) atoms. The predicted molar refractivity (Wildman–Crippen MR) is 66.5 cm³/mol. The van der Waals surface area contributed by atoms with Crippen LogP contribution in [0.15, 0.2) is 17.2 Å². The molecule has 0 amide bonds. The monoisotopic (exact) mass is 274 g/mol. The molecular formula is C11H19BrN2O. The van der Waals surface area contributed by atoms with Gasteiger partial charge in [0.1, 0.15) is 0 Å². The summed E-state index contributed by atoms with van der Waals surface area (Å²) in [5.74, 6) is 0. The standard InChI is InChI=1S/C11H19BrN2O/c1-4-11(5-2,8-12)9-14-7-6-13(3)10(14)15/h6-7H,4-5,8-9H2,1-3H3. The van der Waals surface area contributed by atoms with Gasteiger partial charge < -0.3 is 4.57 Å². The van der Waals surface area contributed by atoms with Gasteiger partial charge in [-0.25, -0.2) is 4.79 Å². The normalized spacial score (nSPS) is 12.0. The third-order valence-corrected chi connectivity index (χ3v) is 4.50. The number of aromatic nitrogens is 2. The second-order valence-corrected chi connectivity index (χ2v) is 4.72. The summed E-state index contributed by atoms with van der Waals surface area (Å²) in [6, 6.07) is 0. The predicted octanol–water partition coefficient (Wildman–Crippen LogP) is 2.39. The smallest absolute Gasteiger partial charge is 0.302 e. The van der Waals surface area contributed by atoms with E-state index in [9.17, 15) is 4.79 Å². The summed E-state index contributed by atoms with van der Waals surface area (Å²) in [5.41, 5.74) is 0.271. The SMILES string of the molecule is CCC(CC)(CBr)Cn1ccn(C)c1=O. The molecule has 86 valence electrons. The van der Waals surface area contributed by atoms with Gasteiger partial charge >= 0.3 is 5.69 Å². The number of imidazole rings is 1.